The van der Waals surface area contributed by atoms with Gasteiger partial charge >= 0.3 is 0 Å². The third kappa shape index (κ3) is 3.66. The van der Waals surface area contributed by atoms with E-state index in [4.69, 9.17) is 15.3 Å². The Morgan fingerprint density at radius 1 is 1.35 bits per heavy atom. The molecule has 0 atom stereocenters. The lowest BCUT2D eigenvalue weighted by atomic mass is 10.1. The Labute approximate surface area is 102 Å². The number of ether oxygens (including phenoxy) is 1. The second-order valence-corrected chi connectivity index (χ2v) is 3.66. The maximum absolute atomic E-state index is 8.66. The highest BCUT2D eigenvalue weighted by Crippen LogP contribution is 2.20. The lowest BCUT2D eigenvalue weighted by Crippen LogP contribution is -1.96. The number of hydrogen-bond acceptors (Lipinski definition) is 3. The summed E-state index contributed by atoms with van der Waals surface area (Å²) in [6.07, 6.45) is 2.53. The minimum Gasteiger partial charge on any atom is -0.493 e. The summed E-state index contributed by atoms with van der Waals surface area (Å²) in [4.78, 5) is 0. The van der Waals surface area contributed by atoms with E-state index in [2.05, 4.69) is 6.92 Å². The molecule has 1 rings (SSSR count). The fourth-order valence-electron chi connectivity index (χ4n) is 1.39. The number of rotatable bonds is 4. The molecule has 17 heavy (non-hydrogen) atoms. The third-order valence-electron chi connectivity index (χ3n) is 2.21. The maximum atomic E-state index is 8.66. The van der Waals surface area contributed by atoms with Crippen molar-refractivity contribution in [2.24, 2.45) is 0 Å². The van der Waals surface area contributed by atoms with Crippen LogP contribution in [0.2, 0.25) is 0 Å². The minimum atomic E-state index is 0.103. The van der Waals surface area contributed by atoms with Crippen molar-refractivity contribution in [3.8, 4) is 17.9 Å². The fourth-order valence-corrected chi connectivity index (χ4v) is 1.39. The maximum Gasteiger partial charge on any atom is 0.130 e. The Kier molecular flexibility index (Phi) is 4.78. The van der Waals surface area contributed by atoms with E-state index in [1.54, 1.807) is 6.08 Å². The number of hydrogen-bond donors (Lipinski definition) is 0. The quantitative estimate of drug-likeness (QED) is 0.740. The second kappa shape index (κ2) is 6.35. The van der Waals surface area contributed by atoms with E-state index in [0.29, 0.717) is 6.61 Å². The molecule has 0 radical (unpaired) electrons. The van der Waals surface area contributed by atoms with E-state index >= 15 is 0 Å². The molecule has 86 valence electrons. The van der Waals surface area contributed by atoms with Crippen molar-refractivity contribution in [3.05, 3.63) is 34.9 Å². The van der Waals surface area contributed by atoms with Crippen LogP contribution < -0.4 is 4.74 Å². The lowest BCUT2D eigenvalue weighted by molar-refractivity contribution is 0.315. The van der Waals surface area contributed by atoms with Gasteiger partial charge in [-0.25, -0.2) is 0 Å². The Morgan fingerprint density at radius 3 is 2.59 bits per heavy atom. The summed E-state index contributed by atoms with van der Waals surface area (Å²) in [7, 11) is 0. The molecular weight excluding hydrogens is 212 g/mol. The van der Waals surface area contributed by atoms with Gasteiger partial charge in [0.15, 0.2) is 0 Å². The topological polar surface area (TPSA) is 56.8 Å². The number of allylic oxidation sites excluding steroid dienone is 1. The normalized spacial score (nSPS) is 8.94. The van der Waals surface area contributed by atoms with Gasteiger partial charge in [0.05, 0.1) is 6.61 Å². The van der Waals surface area contributed by atoms with Gasteiger partial charge in [-0.3, -0.25) is 0 Å². The van der Waals surface area contributed by atoms with Crippen molar-refractivity contribution in [3.63, 3.8) is 0 Å². The van der Waals surface area contributed by atoms with E-state index in [1.807, 2.05) is 37.3 Å². The van der Waals surface area contributed by atoms with E-state index < -0.39 is 0 Å². The molecule has 0 unspecified atom stereocenters. The average Bonchev–Trinajstić information content (AvgIpc) is 2.35. The zero-order valence-corrected chi connectivity index (χ0v) is 10.0. The van der Waals surface area contributed by atoms with Gasteiger partial charge in [0, 0.05) is 0 Å². The summed E-state index contributed by atoms with van der Waals surface area (Å²) in [5, 5.41) is 17.3. The molecule has 0 N–H and O–H groups in total. The summed E-state index contributed by atoms with van der Waals surface area (Å²) in [5.74, 6) is 0.847. The first kappa shape index (κ1) is 12.8. The third-order valence-corrected chi connectivity index (χ3v) is 2.21. The first-order valence-corrected chi connectivity index (χ1v) is 5.46. The summed E-state index contributed by atoms with van der Waals surface area (Å²) < 4.78 is 5.55. The molecule has 0 spiro atoms. The van der Waals surface area contributed by atoms with Crippen LogP contribution in [0.1, 0.15) is 24.5 Å². The molecule has 0 amide bonds. The highest BCUT2D eigenvalue weighted by atomic mass is 16.5. The molecule has 0 aliphatic rings. The van der Waals surface area contributed by atoms with Crippen LogP contribution in [0.5, 0.6) is 5.75 Å². The van der Waals surface area contributed by atoms with Crippen molar-refractivity contribution in [2.45, 2.75) is 20.3 Å². The van der Waals surface area contributed by atoms with Crippen LogP contribution in [0.3, 0.4) is 0 Å². The van der Waals surface area contributed by atoms with E-state index in [-0.39, 0.29) is 5.57 Å². The lowest BCUT2D eigenvalue weighted by Gasteiger charge is -2.08. The molecule has 0 heterocycles. The van der Waals surface area contributed by atoms with Crippen molar-refractivity contribution >= 4 is 6.08 Å². The van der Waals surface area contributed by atoms with Gasteiger partial charge in [-0.15, -0.1) is 0 Å². The minimum absolute atomic E-state index is 0.103. The highest BCUT2D eigenvalue weighted by molar-refractivity contribution is 5.63. The molecule has 0 fully saturated rings. The van der Waals surface area contributed by atoms with Gasteiger partial charge in [0.25, 0.3) is 0 Å². The highest BCUT2D eigenvalue weighted by Gasteiger charge is 2.00. The monoisotopic (exact) mass is 226 g/mol. The zero-order chi connectivity index (χ0) is 12.7. The average molecular weight is 226 g/mol. The van der Waals surface area contributed by atoms with Crippen molar-refractivity contribution in [2.75, 3.05) is 6.61 Å². The standard InChI is InChI=1S/C14H14N2O/c1-3-6-17-14-5-4-12(7-11(14)2)8-13(9-15)10-16/h4-5,7-8H,3,6H2,1-2H3. The molecule has 0 aliphatic heterocycles. The van der Waals surface area contributed by atoms with Crippen LogP contribution >= 0.6 is 0 Å². The van der Waals surface area contributed by atoms with Crippen molar-refractivity contribution in [1.29, 1.82) is 10.5 Å². The molecule has 0 aliphatic carbocycles. The number of nitrogens with zero attached hydrogens (tertiary/aromatic N) is 2. The van der Waals surface area contributed by atoms with Crippen LogP contribution in [-0.4, -0.2) is 6.61 Å². The van der Waals surface area contributed by atoms with E-state index in [1.165, 1.54) is 0 Å². The predicted octanol–water partition coefficient (Wildman–Crippen LogP) is 3.21. The van der Waals surface area contributed by atoms with Gasteiger partial charge in [-0.1, -0.05) is 13.0 Å². The molecule has 3 nitrogen and oxygen atoms in total. The first-order valence-electron chi connectivity index (χ1n) is 5.46. The zero-order valence-electron chi connectivity index (χ0n) is 10.0. The Balaban J connectivity index is 2.94. The predicted molar refractivity (Wildman–Crippen MR) is 66.2 cm³/mol. The van der Waals surface area contributed by atoms with Crippen molar-refractivity contribution < 1.29 is 4.74 Å². The SMILES string of the molecule is CCCOc1ccc(C=C(C#N)C#N)cc1C. The summed E-state index contributed by atoms with van der Waals surface area (Å²) in [5.41, 5.74) is 1.94. The Morgan fingerprint density at radius 2 is 2.06 bits per heavy atom. The molecule has 3 heteroatoms. The van der Waals surface area contributed by atoms with Crippen LogP contribution in [-0.2, 0) is 0 Å². The smallest absolute Gasteiger partial charge is 0.130 e. The van der Waals surface area contributed by atoms with Gasteiger partial charge in [0.2, 0.25) is 0 Å². The number of nitriles is 2. The molecule has 0 aromatic heterocycles. The van der Waals surface area contributed by atoms with E-state index in [9.17, 15) is 0 Å². The molecule has 0 saturated heterocycles. The van der Waals surface area contributed by atoms with Gasteiger partial charge < -0.3 is 4.74 Å². The molecule has 1 aromatic rings. The summed E-state index contributed by atoms with van der Waals surface area (Å²) in [6, 6.07) is 9.28. The Hall–Kier alpha value is -2.26. The Bertz CT molecular complexity index is 488. The van der Waals surface area contributed by atoms with Crippen molar-refractivity contribution in [1.82, 2.24) is 0 Å². The second-order valence-electron chi connectivity index (χ2n) is 3.66. The number of aryl methyl sites for hydroxylation is 1. The largest absolute Gasteiger partial charge is 0.493 e. The molecule has 0 bridgehead atoms. The van der Waals surface area contributed by atoms with Gasteiger partial charge in [-0.2, -0.15) is 10.5 Å². The molecule has 1 aromatic carbocycles. The van der Waals surface area contributed by atoms with Crippen LogP contribution in [0.4, 0.5) is 0 Å². The van der Waals surface area contributed by atoms with Crippen LogP contribution in [0.25, 0.3) is 6.08 Å². The van der Waals surface area contributed by atoms with Gasteiger partial charge in [0.1, 0.15) is 23.5 Å². The van der Waals surface area contributed by atoms with Crippen LogP contribution in [0, 0.1) is 29.6 Å². The fraction of sp³-hybridized carbons (Fsp3) is 0.286. The molecule has 0 saturated carbocycles. The molecular formula is C14H14N2O. The van der Waals surface area contributed by atoms with Crippen LogP contribution in [0.15, 0.2) is 23.8 Å². The van der Waals surface area contributed by atoms with Gasteiger partial charge in [-0.05, 0) is 42.7 Å². The summed E-state index contributed by atoms with van der Waals surface area (Å²) >= 11 is 0. The first-order chi connectivity index (χ1) is 8.21. The summed E-state index contributed by atoms with van der Waals surface area (Å²) in [6.45, 7) is 4.69. The number of benzene rings is 1. The van der Waals surface area contributed by atoms with E-state index in [0.717, 1.165) is 23.3 Å².